The highest BCUT2D eigenvalue weighted by molar-refractivity contribution is 5.22. The normalized spacial score (nSPS) is 15.9. The Kier molecular flexibility index (Phi) is 5.04. The Morgan fingerprint density at radius 2 is 1.87 bits per heavy atom. The van der Waals surface area contributed by atoms with Gasteiger partial charge in [-0.3, -0.25) is 0 Å². The lowest BCUT2D eigenvalue weighted by Crippen LogP contribution is -2.55. The average Bonchev–Trinajstić information content (AvgIpc) is 3.02. The van der Waals surface area contributed by atoms with Crippen molar-refractivity contribution in [3.63, 3.8) is 0 Å². The van der Waals surface area contributed by atoms with E-state index in [1.54, 1.807) is 30.3 Å². The van der Waals surface area contributed by atoms with Gasteiger partial charge in [-0.15, -0.1) is 0 Å². The Hall–Kier alpha value is -1.95. The molecule has 6 heteroatoms. The van der Waals surface area contributed by atoms with Crippen LogP contribution in [0, 0.1) is 11.2 Å². The smallest absolute Gasteiger partial charge is 0.137 e. The van der Waals surface area contributed by atoms with Gasteiger partial charge in [0.25, 0.3) is 0 Å². The van der Waals surface area contributed by atoms with Crippen molar-refractivity contribution in [3.8, 4) is 5.75 Å². The Morgan fingerprint density at radius 1 is 1.22 bits per heavy atom. The first kappa shape index (κ1) is 17.4. The summed E-state index contributed by atoms with van der Waals surface area (Å²) in [6.45, 7) is 8.62. The van der Waals surface area contributed by atoms with Crippen LogP contribution in [0.3, 0.4) is 0 Å². The van der Waals surface area contributed by atoms with Crippen LogP contribution in [-0.4, -0.2) is 34.1 Å². The van der Waals surface area contributed by atoms with Crippen LogP contribution in [-0.2, 0) is 4.74 Å². The van der Waals surface area contributed by atoms with Crippen molar-refractivity contribution in [3.05, 3.63) is 42.7 Å². The first-order valence-electron chi connectivity index (χ1n) is 7.58. The monoisotopic (exact) mass is 321 g/mol. The Morgan fingerprint density at radius 3 is 2.35 bits per heavy atom. The van der Waals surface area contributed by atoms with Crippen LogP contribution < -0.4 is 4.74 Å². The summed E-state index contributed by atoms with van der Waals surface area (Å²) in [7, 11) is 1.67. The molecule has 0 aliphatic carbocycles. The van der Waals surface area contributed by atoms with Crippen LogP contribution in [0.5, 0.6) is 5.75 Å². The minimum absolute atomic E-state index is 0.101. The third-order valence-corrected chi connectivity index (χ3v) is 4.41. The maximum absolute atomic E-state index is 13.0. The summed E-state index contributed by atoms with van der Waals surface area (Å²) in [6, 6.07) is 5.87. The molecule has 0 bridgehead atoms. The van der Waals surface area contributed by atoms with E-state index in [0.29, 0.717) is 12.4 Å². The average molecular weight is 321 g/mol. The van der Waals surface area contributed by atoms with E-state index >= 15 is 0 Å². The van der Waals surface area contributed by atoms with E-state index in [1.807, 2.05) is 6.92 Å². The second-order valence-corrected chi connectivity index (χ2v) is 6.64. The van der Waals surface area contributed by atoms with Gasteiger partial charge >= 0.3 is 0 Å². The fourth-order valence-electron chi connectivity index (χ4n) is 2.85. The van der Waals surface area contributed by atoms with Crippen LogP contribution in [0.1, 0.15) is 33.7 Å². The number of hydrogen-bond acceptors (Lipinski definition) is 4. The van der Waals surface area contributed by atoms with Crippen LogP contribution >= 0.6 is 0 Å². The first-order valence-corrected chi connectivity index (χ1v) is 7.58. The van der Waals surface area contributed by atoms with Crippen LogP contribution in [0.15, 0.2) is 36.9 Å². The molecule has 1 heterocycles. The number of hydrogen-bond donors (Lipinski definition) is 0. The molecule has 0 aliphatic rings. The maximum atomic E-state index is 13.0. The van der Waals surface area contributed by atoms with Crippen LogP contribution in [0.25, 0.3) is 0 Å². The molecule has 0 radical (unpaired) electrons. The first-order chi connectivity index (χ1) is 10.8. The van der Waals surface area contributed by atoms with Gasteiger partial charge in [0, 0.05) is 7.11 Å². The van der Waals surface area contributed by atoms with Crippen molar-refractivity contribution in [2.45, 2.75) is 39.3 Å². The summed E-state index contributed by atoms with van der Waals surface area (Å²) < 4.78 is 26.7. The lowest BCUT2D eigenvalue weighted by Gasteiger charge is -2.46. The zero-order valence-electron chi connectivity index (χ0n) is 14.3. The number of halogens is 1. The number of ether oxygens (including phenoxy) is 2. The molecule has 0 saturated carbocycles. The lowest BCUT2D eigenvalue weighted by molar-refractivity contribution is -0.147. The molecule has 2 atom stereocenters. The fourth-order valence-corrected chi connectivity index (χ4v) is 2.85. The predicted molar refractivity (Wildman–Crippen MR) is 85.8 cm³/mol. The maximum Gasteiger partial charge on any atom is 0.137 e. The highest BCUT2D eigenvalue weighted by Crippen LogP contribution is 2.42. The molecule has 0 N–H and O–H groups in total. The van der Waals surface area contributed by atoms with Gasteiger partial charge in [0.05, 0.1) is 6.04 Å². The van der Waals surface area contributed by atoms with Crippen molar-refractivity contribution < 1.29 is 13.9 Å². The van der Waals surface area contributed by atoms with Crippen molar-refractivity contribution in [1.82, 2.24) is 14.8 Å². The van der Waals surface area contributed by atoms with E-state index < -0.39 is 5.60 Å². The minimum Gasteiger partial charge on any atom is -0.490 e. The van der Waals surface area contributed by atoms with Gasteiger partial charge < -0.3 is 9.47 Å². The van der Waals surface area contributed by atoms with Crippen LogP contribution in [0.2, 0.25) is 0 Å². The summed E-state index contributed by atoms with van der Waals surface area (Å²) in [4.78, 5) is 4.01. The summed E-state index contributed by atoms with van der Waals surface area (Å²) in [5.74, 6) is 0.310. The molecular weight excluding hydrogens is 297 g/mol. The third kappa shape index (κ3) is 3.52. The molecule has 0 fully saturated rings. The molecule has 2 unspecified atom stereocenters. The molecule has 0 spiro atoms. The van der Waals surface area contributed by atoms with E-state index in [2.05, 4.69) is 30.9 Å². The standard InChI is InChI=1S/C17H24FN3O2/c1-13(21-12-19-11-20-21)17(22-5,16(2,3)4)10-23-15-8-6-14(18)7-9-15/h6-9,11-13H,10H2,1-5H3. The van der Waals surface area contributed by atoms with Crippen molar-refractivity contribution >= 4 is 0 Å². The zero-order valence-corrected chi connectivity index (χ0v) is 14.3. The molecule has 2 aromatic rings. The van der Waals surface area contributed by atoms with E-state index in [1.165, 1.54) is 18.5 Å². The Balaban J connectivity index is 2.28. The molecule has 1 aromatic carbocycles. The largest absolute Gasteiger partial charge is 0.490 e. The van der Waals surface area contributed by atoms with Crippen molar-refractivity contribution in [1.29, 1.82) is 0 Å². The molecule has 0 saturated heterocycles. The number of aromatic nitrogens is 3. The fraction of sp³-hybridized carbons (Fsp3) is 0.529. The predicted octanol–water partition coefficient (Wildman–Crippen LogP) is 3.49. The lowest BCUT2D eigenvalue weighted by atomic mass is 9.72. The quantitative estimate of drug-likeness (QED) is 0.817. The summed E-state index contributed by atoms with van der Waals surface area (Å²) in [5, 5.41) is 4.23. The second-order valence-electron chi connectivity index (χ2n) is 6.64. The van der Waals surface area contributed by atoms with Gasteiger partial charge in [0.1, 0.15) is 36.4 Å². The Labute approximate surface area is 136 Å². The van der Waals surface area contributed by atoms with Gasteiger partial charge in [0.15, 0.2) is 0 Å². The van der Waals surface area contributed by atoms with Gasteiger partial charge in [-0.25, -0.2) is 14.1 Å². The van der Waals surface area contributed by atoms with Gasteiger partial charge in [-0.1, -0.05) is 20.8 Å². The molecule has 1 aromatic heterocycles. The molecule has 2 rings (SSSR count). The van der Waals surface area contributed by atoms with Gasteiger partial charge in [-0.05, 0) is 36.6 Å². The summed E-state index contributed by atoms with van der Waals surface area (Å²) >= 11 is 0. The second kappa shape index (κ2) is 6.66. The van der Waals surface area contributed by atoms with Crippen molar-refractivity contribution in [2.75, 3.05) is 13.7 Å². The third-order valence-electron chi connectivity index (χ3n) is 4.41. The highest BCUT2D eigenvalue weighted by atomic mass is 19.1. The number of nitrogens with zero attached hydrogens (tertiary/aromatic N) is 3. The molecule has 23 heavy (non-hydrogen) atoms. The number of rotatable bonds is 6. The zero-order chi connectivity index (χ0) is 17.1. The van der Waals surface area contributed by atoms with E-state index in [0.717, 1.165) is 0 Å². The molecule has 0 aliphatic heterocycles. The molecule has 5 nitrogen and oxygen atoms in total. The Bertz CT molecular complexity index is 608. The van der Waals surface area contributed by atoms with E-state index in [-0.39, 0.29) is 17.3 Å². The highest BCUT2D eigenvalue weighted by Gasteiger charge is 2.49. The molecule has 0 amide bonds. The topological polar surface area (TPSA) is 49.2 Å². The van der Waals surface area contributed by atoms with E-state index in [9.17, 15) is 4.39 Å². The van der Waals surface area contributed by atoms with Gasteiger partial charge in [0.2, 0.25) is 0 Å². The van der Waals surface area contributed by atoms with E-state index in [4.69, 9.17) is 9.47 Å². The van der Waals surface area contributed by atoms with Crippen molar-refractivity contribution in [2.24, 2.45) is 5.41 Å². The SMILES string of the molecule is COC(COc1ccc(F)cc1)(C(C)n1cncn1)C(C)(C)C. The summed E-state index contributed by atoms with van der Waals surface area (Å²) in [5.41, 5.74) is -0.873. The number of benzene rings is 1. The number of methoxy groups -OCH3 is 1. The van der Waals surface area contributed by atoms with Crippen LogP contribution in [0.4, 0.5) is 4.39 Å². The summed E-state index contributed by atoms with van der Waals surface area (Å²) in [6.07, 6.45) is 3.17. The van der Waals surface area contributed by atoms with Gasteiger partial charge in [-0.2, -0.15) is 5.10 Å². The minimum atomic E-state index is -0.644. The molecule has 126 valence electrons. The molecular formula is C17H24FN3O2.